The number of nitrogens with zero attached hydrogens (tertiary/aromatic N) is 5. The molecule has 1 unspecified atom stereocenters. The van der Waals surface area contributed by atoms with Crippen molar-refractivity contribution in [1.82, 2.24) is 24.6 Å². The highest BCUT2D eigenvalue weighted by molar-refractivity contribution is 7.99. The van der Waals surface area contributed by atoms with Crippen molar-refractivity contribution in [2.45, 2.75) is 42.3 Å². The van der Waals surface area contributed by atoms with Crippen LogP contribution in [0.25, 0.3) is 0 Å². The minimum Gasteiger partial charge on any atom is -0.453 e. The number of furan rings is 1. The Kier molecular flexibility index (Phi) is 5.86. The lowest BCUT2D eigenvalue weighted by Gasteiger charge is -2.31. The molecule has 0 aromatic carbocycles. The summed E-state index contributed by atoms with van der Waals surface area (Å²) in [7, 11) is 1.92. The molecule has 8 heteroatoms. The molecule has 3 aromatic heterocycles. The van der Waals surface area contributed by atoms with Gasteiger partial charge in [-0.05, 0) is 55.4 Å². The summed E-state index contributed by atoms with van der Waals surface area (Å²) < 4.78 is 13.9. The molecule has 0 N–H and O–H groups in total. The summed E-state index contributed by atoms with van der Waals surface area (Å²) in [5.74, 6) is 0.963. The Morgan fingerprint density at radius 2 is 2.26 bits per heavy atom. The number of rotatable bonds is 7. The van der Waals surface area contributed by atoms with Gasteiger partial charge in [0.2, 0.25) is 0 Å². The lowest BCUT2D eigenvalue weighted by atomic mass is 10.1. The van der Waals surface area contributed by atoms with Crippen molar-refractivity contribution in [1.29, 1.82) is 0 Å². The normalized spacial score (nSPS) is 18.0. The second-order valence-electron chi connectivity index (χ2n) is 6.68. The minimum atomic E-state index is 0.239. The monoisotopic (exact) mass is 385 g/mol. The summed E-state index contributed by atoms with van der Waals surface area (Å²) in [6, 6.07) is 9.95. The average Bonchev–Trinajstić information content (AvgIpc) is 3.31. The molecule has 142 valence electrons. The van der Waals surface area contributed by atoms with E-state index >= 15 is 0 Å². The van der Waals surface area contributed by atoms with Crippen LogP contribution in [0.5, 0.6) is 0 Å². The minimum absolute atomic E-state index is 0.239. The summed E-state index contributed by atoms with van der Waals surface area (Å²) in [6.45, 7) is 3.34. The molecule has 1 fully saturated rings. The molecule has 0 bridgehead atoms. The summed E-state index contributed by atoms with van der Waals surface area (Å²) >= 11 is 1.48. The number of piperidine rings is 1. The molecular formula is C19H23N5O2S. The van der Waals surface area contributed by atoms with Gasteiger partial charge in [-0.1, -0.05) is 6.07 Å². The number of aromatic nitrogens is 4. The van der Waals surface area contributed by atoms with E-state index in [1.807, 2.05) is 41.9 Å². The summed E-state index contributed by atoms with van der Waals surface area (Å²) in [5, 5.41) is 9.62. The number of hydrogen-bond donors (Lipinski definition) is 0. The van der Waals surface area contributed by atoms with Crippen LogP contribution in [-0.4, -0.2) is 43.8 Å². The highest BCUT2D eigenvalue weighted by Gasteiger charge is 2.21. The van der Waals surface area contributed by atoms with Crippen LogP contribution in [0.2, 0.25) is 0 Å². The van der Waals surface area contributed by atoms with Gasteiger partial charge in [-0.25, -0.2) is 0 Å². The fourth-order valence-corrected chi connectivity index (χ4v) is 3.90. The number of aryl methyl sites for hydroxylation is 1. The molecule has 0 saturated carbocycles. The summed E-state index contributed by atoms with van der Waals surface area (Å²) in [6.07, 6.45) is 5.95. The second-order valence-corrected chi connectivity index (χ2v) is 7.65. The van der Waals surface area contributed by atoms with Crippen LogP contribution in [0.1, 0.15) is 24.3 Å². The SMILES string of the molecule is Cn1cnnc1Sc1ccc(CN2CCCC(OCc3ccccn3)C2)o1. The van der Waals surface area contributed by atoms with Gasteiger partial charge in [-0.15, -0.1) is 10.2 Å². The standard InChI is InChI=1S/C19H23N5O2S/c1-23-14-21-22-19(23)27-18-8-7-17(26-18)12-24-10-4-6-16(11-24)25-13-15-5-2-3-9-20-15/h2-3,5,7-9,14,16H,4,6,10-13H2,1H3. The first-order chi connectivity index (χ1) is 13.3. The summed E-state index contributed by atoms with van der Waals surface area (Å²) in [4.78, 5) is 6.71. The number of hydrogen-bond acceptors (Lipinski definition) is 7. The molecule has 3 aromatic rings. The lowest BCUT2D eigenvalue weighted by molar-refractivity contribution is -0.0148. The van der Waals surface area contributed by atoms with Gasteiger partial charge < -0.3 is 13.7 Å². The van der Waals surface area contributed by atoms with Crippen LogP contribution in [-0.2, 0) is 24.9 Å². The third kappa shape index (κ3) is 4.97. The third-order valence-electron chi connectivity index (χ3n) is 4.53. The van der Waals surface area contributed by atoms with Crippen molar-refractivity contribution in [3.8, 4) is 0 Å². The van der Waals surface area contributed by atoms with Crippen molar-refractivity contribution in [3.63, 3.8) is 0 Å². The molecule has 1 saturated heterocycles. The fourth-order valence-electron chi connectivity index (χ4n) is 3.15. The maximum atomic E-state index is 6.07. The largest absolute Gasteiger partial charge is 0.453 e. The molecule has 0 spiro atoms. The molecule has 1 aliphatic heterocycles. The number of likely N-dealkylation sites (tertiary alicyclic amines) is 1. The van der Waals surface area contributed by atoms with E-state index in [0.717, 1.165) is 54.2 Å². The molecule has 27 heavy (non-hydrogen) atoms. The topological polar surface area (TPSA) is 69.2 Å². The third-order valence-corrected chi connectivity index (χ3v) is 5.51. The fraction of sp³-hybridized carbons (Fsp3) is 0.421. The average molecular weight is 385 g/mol. The van der Waals surface area contributed by atoms with Gasteiger partial charge in [-0.2, -0.15) is 0 Å². The predicted molar refractivity (Wildman–Crippen MR) is 101 cm³/mol. The van der Waals surface area contributed by atoms with Gasteiger partial charge in [0.15, 0.2) is 10.2 Å². The van der Waals surface area contributed by atoms with Crippen LogP contribution >= 0.6 is 11.8 Å². The van der Waals surface area contributed by atoms with Gasteiger partial charge in [0.25, 0.3) is 0 Å². The Labute approximate surface area is 162 Å². The quantitative estimate of drug-likeness (QED) is 0.619. The van der Waals surface area contributed by atoms with Gasteiger partial charge in [0, 0.05) is 19.8 Å². The number of pyridine rings is 1. The maximum Gasteiger partial charge on any atom is 0.198 e. The van der Waals surface area contributed by atoms with Crippen molar-refractivity contribution in [3.05, 3.63) is 54.3 Å². The van der Waals surface area contributed by atoms with Crippen LogP contribution < -0.4 is 0 Å². The molecule has 0 radical (unpaired) electrons. The van der Waals surface area contributed by atoms with Gasteiger partial charge in [0.05, 0.1) is 24.9 Å². The smallest absolute Gasteiger partial charge is 0.198 e. The van der Waals surface area contributed by atoms with Crippen LogP contribution in [0.3, 0.4) is 0 Å². The predicted octanol–water partition coefficient (Wildman–Crippen LogP) is 3.14. The van der Waals surface area contributed by atoms with E-state index in [-0.39, 0.29) is 6.10 Å². The zero-order valence-corrected chi connectivity index (χ0v) is 16.1. The van der Waals surface area contributed by atoms with Crippen LogP contribution in [0.4, 0.5) is 0 Å². The molecule has 7 nitrogen and oxygen atoms in total. The summed E-state index contributed by atoms with van der Waals surface area (Å²) in [5.41, 5.74) is 0.978. The van der Waals surface area contributed by atoms with E-state index < -0.39 is 0 Å². The molecular weight excluding hydrogens is 362 g/mol. The van der Waals surface area contributed by atoms with Crippen molar-refractivity contribution in [2.24, 2.45) is 7.05 Å². The highest BCUT2D eigenvalue weighted by Crippen LogP contribution is 2.28. The van der Waals surface area contributed by atoms with Crippen molar-refractivity contribution < 1.29 is 9.15 Å². The molecule has 0 amide bonds. The van der Waals surface area contributed by atoms with Crippen LogP contribution in [0, 0.1) is 0 Å². The van der Waals surface area contributed by atoms with Crippen molar-refractivity contribution in [2.75, 3.05) is 13.1 Å². The molecule has 4 heterocycles. The van der Waals surface area contributed by atoms with Gasteiger partial charge >= 0.3 is 0 Å². The Morgan fingerprint density at radius 1 is 1.30 bits per heavy atom. The Hall–Kier alpha value is -2.16. The van der Waals surface area contributed by atoms with Gasteiger partial charge in [-0.3, -0.25) is 9.88 Å². The van der Waals surface area contributed by atoms with E-state index in [9.17, 15) is 0 Å². The van der Waals surface area contributed by atoms with Crippen LogP contribution in [0.15, 0.2) is 57.5 Å². The molecule has 1 atom stereocenters. The van der Waals surface area contributed by atoms with E-state index in [4.69, 9.17) is 9.15 Å². The Morgan fingerprint density at radius 3 is 3.07 bits per heavy atom. The van der Waals surface area contributed by atoms with Gasteiger partial charge in [0.1, 0.15) is 12.1 Å². The van der Waals surface area contributed by atoms with E-state index in [1.165, 1.54) is 11.8 Å². The van der Waals surface area contributed by atoms with E-state index in [0.29, 0.717) is 6.61 Å². The maximum absolute atomic E-state index is 6.07. The van der Waals surface area contributed by atoms with E-state index in [2.05, 4.69) is 20.1 Å². The van der Waals surface area contributed by atoms with E-state index in [1.54, 1.807) is 12.5 Å². The Bertz CT molecular complexity index is 851. The molecule has 1 aliphatic rings. The second kappa shape index (κ2) is 8.69. The Balaban J connectivity index is 1.28. The first kappa shape index (κ1) is 18.2. The lowest BCUT2D eigenvalue weighted by Crippen LogP contribution is -2.39. The zero-order valence-electron chi connectivity index (χ0n) is 15.3. The number of ether oxygens (including phenoxy) is 1. The van der Waals surface area contributed by atoms with Crippen molar-refractivity contribution >= 4 is 11.8 Å². The highest BCUT2D eigenvalue weighted by atomic mass is 32.2. The molecule has 4 rings (SSSR count). The zero-order chi connectivity index (χ0) is 18.5. The first-order valence-corrected chi connectivity index (χ1v) is 9.92. The first-order valence-electron chi connectivity index (χ1n) is 9.11. The molecule has 0 aliphatic carbocycles.